The third kappa shape index (κ3) is 4.27. The molecule has 1 atom stereocenters. The van der Waals surface area contributed by atoms with E-state index < -0.39 is 5.97 Å². The van der Waals surface area contributed by atoms with Crippen LogP contribution < -0.4 is 4.74 Å². The fourth-order valence-electron chi connectivity index (χ4n) is 2.74. The van der Waals surface area contributed by atoms with Crippen molar-refractivity contribution >= 4 is 5.97 Å². The summed E-state index contributed by atoms with van der Waals surface area (Å²) in [6.07, 6.45) is 2.09. The molecule has 0 saturated heterocycles. The van der Waals surface area contributed by atoms with Gasteiger partial charge in [0.05, 0.1) is 13.0 Å². The normalized spacial score (nSPS) is 12.2. The second-order valence-corrected chi connectivity index (χ2v) is 4.99. The molecule has 1 aromatic rings. The number of hydrogen-bond acceptors (Lipinski definition) is 2. The van der Waals surface area contributed by atoms with Gasteiger partial charge in [0.1, 0.15) is 5.75 Å². The highest BCUT2D eigenvalue weighted by Crippen LogP contribution is 2.33. The largest absolute Gasteiger partial charge is 0.494 e. The molecule has 3 heteroatoms. The summed E-state index contributed by atoms with van der Waals surface area (Å²) >= 11 is 0. The molecule has 0 saturated carbocycles. The van der Waals surface area contributed by atoms with Crippen molar-refractivity contribution in [2.75, 3.05) is 6.61 Å². The molecule has 1 unspecified atom stereocenters. The van der Waals surface area contributed by atoms with Crippen molar-refractivity contribution in [3.05, 3.63) is 28.8 Å². The number of aliphatic carboxylic acids is 1. The zero-order chi connectivity index (χ0) is 14.4. The minimum Gasteiger partial charge on any atom is -0.494 e. The van der Waals surface area contributed by atoms with Crippen molar-refractivity contribution in [3.8, 4) is 5.75 Å². The third-order valence-corrected chi connectivity index (χ3v) is 3.34. The average Bonchev–Trinajstić information content (AvgIpc) is 2.27. The Balaban J connectivity index is 3.11. The average molecular weight is 264 g/mol. The molecule has 0 heterocycles. The summed E-state index contributed by atoms with van der Waals surface area (Å²) in [6.45, 7) is 8.77. The van der Waals surface area contributed by atoms with E-state index in [1.54, 1.807) is 0 Å². The summed E-state index contributed by atoms with van der Waals surface area (Å²) in [7, 11) is 0. The zero-order valence-corrected chi connectivity index (χ0v) is 12.3. The Labute approximate surface area is 115 Å². The van der Waals surface area contributed by atoms with Crippen molar-refractivity contribution in [3.63, 3.8) is 0 Å². The maximum absolute atomic E-state index is 11.0. The molecular weight excluding hydrogens is 240 g/mol. The molecule has 0 radical (unpaired) electrons. The van der Waals surface area contributed by atoms with Crippen LogP contribution in [0.15, 0.2) is 12.1 Å². The van der Waals surface area contributed by atoms with Crippen molar-refractivity contribution < 1.29 is 14.6 Å². The third-order valence-electron chi connectivity index (χ3n) is 3.34. The van der Waals surface area contributed by atoms with Crippen molar-refractivity contribution in [1.82, 2.24) is 0 Å². The number of carboxylic acid groups (broad SMARTS) is 1. The molecule has 19 heavy (non-hydrogen) atoms. The Hall–Kier alpha value is -1.51. The standard InChI is InChI=1S/C16H24O3/c1-5-7-13(10-15(17)18)16-11(3)8-14(19-6-2)9-12(16)4/h8-9,13H,5-7,10H2,1-4H3,(H,17,18). The van der Waals surface area contributed by atoms with Crippen LogP contribution in [0.1, 0.15) is 55.7 Å². The first kappa shape index (κ1) is 15.5. The summed E-state index contributed by atoms with van der Waals surface area (Å²) in [5, 5.41) is 9.07. The van der Waals surface area contributed by atoms with Gasteiger partial charge in [-0.25, -0.2) is 0 Å². The van der Waals surface area contributed by atoms with Gasteiger partial charge in [0.2, 0.25) is 0 Å². The van der Waals surface area contributed by atoms with E-state index in [1.165, 1.54) is 5.56 Å². The SMILES string of the molecule is CCCC(CC(=O)O)c1c(C)cc(OCC)cc1C. The number of aryl methyl sites for hydroxylation is 2. The summed E-state index contributed by atoms with van der Waals surface area (Å²) in [5.41, 5.74) is 3.43. The first-order valence-corrected chi connectivity index (χ1v) is 6.95. The van der Waals surface area contributed by atoms with Gasteiger partial charge in [-0.05, 0) is 61.9 Å². The minimum absolute atomic E-state index is 0.0955. The maximum atomic E-state index is 11.0. The van der Waals surface area contributed by atoms with Crippen molar-refractivity contribution in [1.29, 1.82) is 0 Å². The summed E-state index contributed by atoms with van der Waals surface area (Å²) in [5.74, 6) is 0.233. The molecule has 1 N–H and O–H groups in total. The number of hydrogen-bond donors (Lipinski definition) is 1. The first-order valence-electron chi connectivity index (χ1n) is 6.95. The lowest BCUT2D eigenvalue weighted by Gasteiger charge is -2.21. The fourth-order valence-corrected chi connectivity index (χ4v) is 2.74. The van der Waals surface area contributed by atoms with E-state index in [2.05, 4.69) is 6.92 Å². The van der Waals surface area contributed by atoms with Crippen LogP contribution in [0.4, 0.5) is 0 Å². The molecule has 0 aliphatic heterocycles. The molecule has 0 aromatic heterocycles. The van der Waals surface area contributed by atoms with Crippen molar-refractivity contribution in [2.24, 2.45) is 0 Å². The molecule has 3 nitrogen and oxygen atoms in total. The van der Waals surface area contributed by atoms with Crippen LogP contribution >= 0.6 is 0 Å². The van der Waals surface area contributed by atoms with Crippen LogP contribution in [0, 0.1) is 13.8 Å². The number of carbonyl (C=O) groups is 1. The van der Waals surface area contributed by atoms with E-state index in [-0.39, 0.29) is 12.3 Å². The molecule has 0 fully saturated rings. The molecule has 0 aliphatic rings. The number of benzene rings is 1. The van der Waals surface area contributed by atoms with E-state index in [0.29, 0.717) is 6.61 Å². The minimum atomic E-state index is -0.730. The summed E-state index contributed by atoms with van der Waals surface area (Å²) in [6, 6.07) is 4.02. The van der Waals surface area contributed by atoms with Gasteiger partial charge in [-0.15, -0.1) is 0 Å². The monoisotopic (exact) mass is 264 g/mol. The Bertz CT molecular complexity index is 415. The lowest BCUT2D eigenvalue weighted by molar-refractivity contribution is -0.137. The highest BCUT2D eigenvalue weighted by molar-refractivity contribution is 5.68. The van der Waals surface area contributed by atoms with Gasteiger partial charge >= 0.3 is 5.97 Å². The second-order valence-electron chi connectivity index (χ2n) is 4.99. The topological polar surface area (TPSA) is 46.5 Å². The molecule has 1 rings (SSSR count). The smallest absolute Gasteiger partial charge is 0.303 e. The highest BCUT2D eigenvalue weighted by atomic mass is 16.5. The van der Waals surface area contributed by atoms with Gasteiger partial charge in [0, 0.05) is 0 Å². The predicted octanol–water partition coefficient (Wildman–Crippen LogP) is 4.06. The quantitative estimate of drug-likeness (QED) is 0.807. The lowest BCUT2D eigenvalue weighted by Crippen LogP contribution is -2.10. The Morgan fingerprint density at radius 1 is 1.26 bits per heavy atom. The second kappa shape index (κ2) is 7.17. The van der Waals surface area contributed by atoms with Crippen LogP contribution in [0.5, 0.6) is 5.75 Å². The van der Waals surface area contributed by atoms with Gasteiger partial charge in [-0.3, -0.25) is 4.79 Å². The first-order chi connectivity index (χ1) is 8.99. The van der Waals surface area contributed by atoms with E-state index >= 15 is 0 Å². The summed E-state index contributed by atoms with van der Waals surface area (Å²) in [4.78, 5) is 11.0. The molecule has 1 aromatic carbocycles. The van der Waals surface area contributed by atoms with Gasteiger partial charge in [0.15, 0.2) is 0 Å². The molecule has 0 aliphatic carbocycles. The predicted molar refractivity (Wildman–Crippen MR) is 77.0 cm³/mol. The van der Waals surface area contributed by atoms with Gasteiger partial charge in [-0.1, -0.05) is 13.3 Å². The molecule has 106 valence electrons. The van der Waals surface area contributed by atoms with Crippen molar-refractivity contribution in [2.45, 2.75) is 52.9 Å². The molecular formula is C16H24O3. The zero-order valence-electron chi connectivity index (χ0n) is 12.3. The van der Waals surface area contributed by atoms with Crippen LogP contribution in [-0.2, 0) is 4.79 Å². The van der Waals surface area contributed by atoms with Crippen LogP contribution in [0.2, 0.25) is 0 Å². The van der Waals surface area contributed by atoms with E-state index in [4.69, 9.17) is 9.84 Å². The molecule has 0 amide bonds. The van der Waals surface area contributed by atoms with E-state index in [0.717, 1.165) is 29.7 Å². The summed E-state index contributed by atoms with van der Waals surface area (Å²) < 4.78 is 5.53. The Kier molecular flexibility index (Phi) is 5.87. The Morgan fingerprint density at radius 2 is 1.84 bits per heavy atom. The maximum Gasteiger partial charge on any atom is 0.303 e. The van der Waals surface area contributed by atoms with Crippen LogP contribution in [0.25, 0.3) is 0 Å². The Morgan fingerprint density at radius 3 is 2.26 bits per heavy atom. The van der Waals surface area contributed by atoms with E-state index in [1.807, 2.05) is 32.9 Å². The molecule has 0 bridgehead atoms. The van der Waals surface area contributed by atoms with Crippen LogP contribution in [-0.4, -0.2) is 17.7 Å². The van der Waals surface area contributed by atoms with Crippen LogP contribution in [0.3, 0.4) is 0 Å². The van der Waals surface area contributed by atoms with E-state index in [9.17, 15) is 4.79 Å². The number of rotatable bonds is 7. The fraction of sp³-hybridized carbons (Fsp3) is 0.562. The van der Waals surface area contributed by atoms with Gasteiger partial charge in [-0.2, -0.15) is 0 Å². The molecule has 0 spiro atoms. The van der Waals surface area contributed by atoms with Gasteiger partial charge in [0.25, 0.3) is 0 Å². The highest BCUT2D eigenvalue weighted by Gasteiger charge is 2.19. The van der Waals surface area contributed by atoms with Gasteiger partial charge < -0.3 is 9.84 Å². The lowest BCUT2D eigenvalue weighted by atomic mass is 9.85. The number of ether oxygens (including phenoxy) is 1. The number of carboxylic acids is 1.